The smallest absolute Gasteiger partial charge is 0.0547 e. The lowest BCUT2D eigenvalue weighted by Gasteiger charge is -2.12. The zero-order valence-corrected chi connectivity index (χ0v) is 17.9. The highest BCUT2D eigenvalue weighted by Crippen LogP contribution is 2.49. The molecule has 0 unspecified atom stereocenters. The van der Waals surface area contributed by atoms with Gasteiger partial charge in [-0.3, -0.25) is 0 Å². The Morgan fingerprint density at radius 1 is 0.394 bits per heavy atom. The molecule has 1 aliphatic rings. The van der Waals surface area contributed by atoms with Crippen LogP contribution in [0, 0.1) is 0 Å². The van der Waals surface area contributed by atoms with Gasteiger partial charge in [0.25, 0.3) is 0 Å². The second kappa shape index (κ2) is 6.11. The van der Waals surface area contributed by atoms with Gasteiger partial charge in [0.05, 0.1) is 11.0 Å². The van der Waals surface area contributed by atoms with Crippen LogP contribution in [0.2, 0.25) is 0 Å². The third-order valence-electron chi connectivity index (χ3n) is 7.30. The van der Waals surface area contributed by atoms with Crippen molar-refractivity contribution >= 4 is 43.4 Å². The summed E-state index contributed by atoms with van der Waals surface area (Å²) in [6, 6.07) is 42.2. The highest BCUT2D eigenvalue weighted by molar-refractivity contribution is 6.33. The molecule has 1 heterocycles. The van der Waals surface area contributed by atoms with E-state index >= 15 is 0 Å². The topological polar surface area (TPSA) is 4.93 Å². The Labute approximate surface area is 191 Å². The van der Waals surface area contributed by atoms with Crippen LogP contribution in [0.4, 0.5) is 0 Å². The molecule has 152 valence electrons. The molecule has 1 aliphatic carbocycles. The van der Waals surface area contributed by atoms with Crippen molar-refractivity contribution in [1.82, 2.24) is 4.57 Å². The largest absolute Gasteiger partial charge is 0.309 e. The monoisotopic (exact) mass is 417 g/mol. The molecule has 1 aromatic heterocycles. The van der Waals surface area contributed by atoms with Gasteiger partial charge in [-0.05, 0) is 74.1 Å². The van der Waals surface area contributed by atoms with Gasteiger partial charge in [0, 0.05) is 16.5 Å². The highest BCUT2D eigenvalue weighted by Gasteiger charge is 2.24. The van der Waals surface area contributed by atoms with Crippen LogP contribution in [0.1, 0.15) is 0 Å². The highest BCUT2D eigenvalue weighted by atomic mass is 15.0. The van der Waals surface area contributed by atoms with E-state index in [4.69, 9.17) is 0 Å². The molecule has 1 nitrogen and oxygen atoms in total. The Balaban J connectivity index is 1.35. The minimum Gasteiger partial charge on any atom is -0.309 e. The summed E-state index contributed by atoms with van der Waals surface area (Å²) < 4.78 is 2.42. The Morgan fingerprint density at radius 2 is 1.06 bits per heavy atom. The van der Waals surface area contributed by atoms with E-state index in [1.165, 1.54) is 71.3 Å². The van der Waals surface area contributed by atoms with Gasteiger partial charge in [-0.1, -0.05) is 84.9 Å². The third-order valence-corrected chi connectivity index (χ3v) is 7.30. The van der Waals surface area contributed by atoms with Crippen molar-refractivity contribution in [1.29, 1.82) is 0 Å². The van der Waals surface area contributed by atoms with E-state index in [0.29, 0.717) is 0 Å². The van der Waals surface area contributed by atoms with Crippen molar-refractivity contribution in [2.45, 2.75) is 0 Å². The summed E-state index contributed by atoms with van der Waals surface area (Å²) in [5, 5.41) is 8.05. The molecule has 0 fully saturated rings. The molecule has 0 bridgehead atoms. The van der Waals surface area contributed by atoms with Crippen molar-refractivity contribution in [3.63, 3.8) is 0 Å². The number of nitrogens with zero attached hydrogens (tertiary/aromatic N) is 1. The van der Waals surface area contributed by atoms with Crippen molar-refractivity contribution in [2.75, 3.05) is 0 Å². The van der Waals surface area contributed by atoms with Gasteiger partial charge in [-0.15, -0.1) is 0 Å². The van der Waals surface area contributed by atoms with Crippen LogP contribution < -0.4 is 0 Å². The van der Waals surface area contributed by atoms with Gasteiger partial charge in [-0.25, -0.2) is 0 Å². The molecular formula is C32H19N. The molecule has 0 amide bonds. The lowest BCUT2D eigenvalue weighted by Crippen LogP contribution is -1.94. The first-order valence-electron chi connectivity index (χ1n) is 11.5. The fraction of sp³-hybridized carbons (Fsp3) is 0. The van der Waals surface area contributed by atoms with Crippen LogP contribution in [-0.2, 0) is 0 Å². The molecule has 0 radical (unpaired) electrons. The van der Waals surface area contributed by atoms with Crippen molar-refractivity contribution in [3.8, 4) is 27.9 Å². The standard InChI is InChI=1S/C32H19N/c1-2-6-23-19-24(12-11-20(23)5-1)21-13-16-25(17-14-21)33-28-10-4-9-27-26-8-3-7-22-15-18-29(33)32(30(22)26)31(27)28/h1-19H. The van der Waals surface area contributed by atoms with E-state index in [2.05, 4.69) is 120 Å². The fourth-order valence-corrected chi connectivity index (χ4v) is 5.83. The lowest BCUT2D eigenvalue weighted by atomic mass is 10.0. The van der Waals surface area contributed by atoms with Crippen molar-refractivity contribution in [3.05, 3.63) is 115 Å². The number of hydrogen-bond donors (Lipinski definition) is 0. The van der Waals surface area contributed by atoms with Gasteiger partial charge in [0.1, 0.15) is 0 Å². The van der Waals surface area contributed by atoms with Crippen LogP contribution in [0.15, 0.2) is 115 Å². The minimum absolute atomic E-state index is 1.20. The number of benzene rings is 6. The average Bonchev–Trinajstić information content (AvgIpc) is 3.41. The molecule has 0 atom stereocenters. The Morgan fingerprint density at radius 3 is 1.94 bits per heavy atom. The second-order valence-corrected chi connectivity index (χ2v) is 9.01. The molecule has 0 aliphatic heterocycles. The van der Waals surface area contributed by atoms with Crippen LogP contribution in [0.3, 0.4) is 0 Å². The Bertz CT molecular complexity index is 1900. The molecule has 6 aromatic carbocycles. The normalized spacial score (nSPS) is 12.2. The van der Waals surface area contributed by atoms with Crippen LogP contribution in [0.25, 0.3) is 71.3 Å². The Hall–Kier alpha value is -4.36. The molecule has 7 aromatic rings. The van der Waals surface area contributed by atoms with Crippen LogP contribution >= 0.6 is 0 Å². The first-order chi connectivity index (χ1) is 16.4. The second-order valence-electron chi connectivity index (χ2n) is 9.01. The summed E-state index contributed by atoms with van der Waals surface area (Å²) in [7, 11) is 0. The van der Waals surface area contributed by atoms with E-state index < -0.39 is 0 Å². The van der Waals surface area contributed by atoms with Gasteiger partial charge in [0.15, 0.2) is 0 Å². The summed E-state index contributed by atoms with van der Waals surface area (Å²) >= 11 is 0. The lowest BCUT2D eigenvalue weighted by molar-refractivity contribution is 1.18. The van der Waals surface area contributed by atoms with Crippen LogP contribution in [-0.4, -0.2) is 4.57 Å². The summed E-state index contributed by atoms with van der Waals surface area (Å²) in [5.74, 6) is 0. The maximum absolute atomic E-state index is 2.42. The molecule has 0 N–H and O–H groups in total. The molecule has 8 rings (SSSR count). The molecule has 0 spiro atoms. The first kappa shape index (κ1) is 17.2. The molecule has 0 saturated carbocycles. The third kappa shape index (κ3) is 2.21. The maximum Gasteiger partial charge on any atom is 0.0547 e. The molecule has 33 heavy (non-hydrogen) atoms. The van der Waals surface area contributed by atoms with E-state index in [9.17, 15) is 0 Å². The predicted molar refractivity (Wildman–Crippen MR) is 140 cm³/mol. The molecular weight excluding hydrogens is 398 g/mol. The van der Waals surface area contributed by atoms with Gasteiger partial charge in [-0.2, -0.15) is 0 Å². The van der Waals surface area contributed by atoms with Gasteiger partial charge >= 0.3 is 0 Å². The number of aromatic nitrogens is 1. The zero-order valence-electron chi connectivity index (χ0n) is 17.9. The first-order valence-corrected chi connectivity index (χ1v) is 11.5. The van der Waals surface area contributed by atoms with Crippen LogP contribution in [0.5, 0.6) is 0 Å². The van der Waals surface area contributed by atoms with E-state index in [1.54, 1.807) is 0 Å². The van der Waals surface area contributed by atoms with Crippen molar-refractivity contribution < 1.29 is 0 Å². The molecule has 0 saturated heterocycles. The van der Waals surface area contributed by atoms with E-state index in [-0.39, 0.29) is 0 Å². The number of rotatable bonds is 2. The quantitative estimate of drug-likeness (QED) is 0.265. The maximum atomic E-state index is 2.42. The SMILES string of the molecule is c1ccc2cc(-c3ccc(-n4c5cccc6c5c5c7c-6cccc7ccc54)cc3)ccc2c1. The minimum atomic E-state index is 1.20. The van der Waals surface area contributed by atoms with Gasteiger partial charge in [0.2, 0.25) is 0 Å². The number of fused-ring (bicyclic) bond motifs is 2. The summed E-state index contributed by atoms with van der Waals surface area (Å²) in [6.07, 6.45) is 0. The number of hydrogen-bond acceptors (Lipinski definition) is 0. The fourth-order valence-electron chi connectivity index (χ4n) is 5.83. The zero-order chi connectivity index (χ0) is 21.5. The summed E-state index contributed by atoms with van der Waals surface area (Å²) in [6.45, 7) is 0. The van der Waals surface area contributed by atoms with Crippen molar-refractivity contribution in [2.24, 2.45) is 0 Å². The Kier molecular flexibility index (Phi) is 3.19. The van der Waals surface area contributed by atoms with E-state index in [0.717, 1.165) is 0 Å². The average molecular weight is 418 g/mol. The summed E-state index contributed by atoms with van der Waals surface area (Å²) in [4.78, 5) is 0. The summed E-state index contributed by atoms with van der Waals surface area (Å²) in [5.41, 5.74) is 8.99. The predicted octanol–water partition coefficient (Wildman–Crippen LogP) is 8.74. The molecule has 1 heteroatoms. The van der Waals surface area contributed by atoms with E-state index in [1.807, 2.05) is 0 Å². The van der Waals surface area contributed by atoms with Gasteiger partial charge < -0.3 is 4.57 Å².